The first kappa shape index (κ1) is 22.3. The number of piperazine rings is 1. The molecule has 2 fully saturated rings. The maximum atomic E-state index is 14.3. The third kappa shape index (κ3) is 4.47. The fourth-order valence-corrected chi connectivity index (χ4v) is 5.07. The average Bonchev–Trinajstić information content (AvgIpc) is 3.62. The monoisotopic (exact) mass is 482 g/mol. The second-order valence-corrected chi connectivity index (χ2v) is 9.23. The third-order valence-electron chi connectivity index (χ3n) is 6.07. The van der Waals surface area contributed by atoms with E-state index < -0.39 is 0 Å². The average molecular weight is 483 g/mol. The number of benzene rings is 2. The number of para-hydroxylation sites is 2. The molecule has 1 aliphatic carbocycles. The summed E-state index contributed by atoms with van der Waals surface area (Å²) in [5.41, 5.74) is 1.06. The Kier molecular flexibility index (Phi) is 6.18. The van der Waals surface area contributed by atoms with Gasteiger partial charge >= 0.3 is 0 Å². The lowest BCUT2D eigenvalue weighted by molar-refractivity contribution is -0.384. The zero-order valence-electron chi connectivity index (χ0n) is 18.3. The maximum Gasteiger partial charge on any atom is 0.292 e. The number of anilines is 1. The van der Waals surface area contributed by atoms with Crippen molar-refractivity contribution in [1.82, 2.24) is 19.7 Å². The first-order valence-electron chi connectivity index (χ1n) is 11.1. The second-order valence-electron chi connectivity index (χ2n) is 8.29. The van der Waals surface area contributed by atoms with Crippen LogP contribution in [0.25, 0.3) is 11.4 Å². The Morgan fingerprint density at radius 3 is 2.47 bits per heavy atom. The molecule has 5 rings (SSSR count). The van der Waals surface area contributed by atoms with Gasteiger partial charge < -0.3 is 9.80 Å². The standard InChI is InChI=1S/C23H23FN6O3S/c24-18-6-2-1-5-17(18)22-25-26-23(29(22)16-9-10-16)34-15-21(31)28-13-11-27(12-14-28)19-7-3-4-8-20(19)30(32)33/h1-8,16H,9-15H2. The van der Waals surface area contributed by atoms with E-state index in [2.05, 4.69) is 10.2 Å². The number of aromatic nitrogens is 3. The van der Waals surface area contributed by atoms with Gasteiger partial charge in [-0.05, 0) is 31.0 Å². The molecule has 34 heavy (non-hydrogen) atoms. The number of rotatable bonds is 7. The summed E-state index contributed by atoms with van der Waals surface area (Å²) in [4.78, 5) is 27.5. The molecule has 9 nitrogen and oxygen atoms in total. The van der Waals surface area contributed by atoms with Gasteiger partial charge in [-0.2, -0.15) is 0 Å². The van der Waals surface area contributed by atoms with E-state index in [0.717, 1.165) is 12.8 Å². The predicted molar refractivity (Wildman–Crippen MR) is 126 cm³/mol. The van der Waals surface area contributed by atoms with E-state index in [1.807, 2.05) is 9.47 Å². The lowest BCUT2D eigenvalue weighted by Gasteiger charge is -2.35. The van der Waals surface area contributed by atoms with E-state index in [1.165, 1.54) is 23.9 Å². The highest BCUT2D eigenvalue weighted by Gasteiger charge is 2.32. The normalized spacial score (nSPS) is 16.0. The highest BCUT2D eigenvalue weighted by atomic mass is 32.2. The van der Waals surface area contributed by atoms with Gasteiger partial charge in [0.25, 0.3) is 5.69 Å². The summed E-state index contributed by atoms with van der Waals surface area (Å²) in [6, 6.07) is 13.4. The molecule has 11 heteroatoms. The largest absolute Gasteiger partial charge is 0.362 e. The van der Waals surface area contributed by atoms with E-state index in [9.17, 15) is 19.3 Å². The molecule has 1 amide bonds. The molecule has 1 aliphatic heterocycles. The van der Waals surface area contributed by atoms with Gasteiger partial charge in [-0.3, -0.25) is 19.5 Å². The first-order chi connectivity index (χ1) is 16.5. The molecule has 1 saturated carbocycles. The number of thioether (sulfide) groups is 1. The number of amides is 1. The first-order valence-corrected chi connectivity index (χ1v) is 12.1. The second kappa shape index (κ2) is 9.41. The molecule has 2 aromatic carbocycles. The molecule has 0 atom stereocenters. The topological polar surface area (TPSA) is 97.4 Å². The molecule has 0 spiro atoms. The van der Waals surface area contributed by atoms with Crippen LogP contribution in [0.1, 0.15) is 18.9 Å². The van der Waals surface area contributed by atoms with Crippen LogP contribution in [0.4, 0.5) is 15.8 Å². The fraction of sp³-hybridized carbons (Fsp3) is 0.348. The number of nitro groups is 1. The Bertz CT molecular complexity index is 1220. The Morgan fingerprint density at radius 2 is 1.76 bits per heavy atom. The number of hydrogen-bond acceptors (Lipinski definition) is 7. The van der Waals surface area contributed by atoms with Crippen molar-refractivity contribution in [3.05, 3.63) is 64.5 Å². The van der Waals surface area contributed by atoms with E-state index >= 15 is 0 Å². The van der Waals surface area contributed by atoms with Crippen LogP contribution in [0.2, 0.25) is 0 Å². The van der Waals surface area contributed by atoms with Crippen molar-refractivity contribution >= 4 is 29.0 Å². The lowest BCUT2D eigenvalue weighted by atomic mass is 10.2. The summed E-state index contributed by atoms with van der Waals surface area (Å²) < 4.78 is 16.3. The van der Waals surface area contributed by atoms with Crippen LogP contribution in [-0.4, -0.2) is 62.4 Å². The van der Waals surface area contributed by atoms with E-state index in [1.54, 1.807) is 41.3 Å². The molecular formula is C23H23FN6O3S. The molecular weight excluding hydrogens is 459 g/mol. The summed E-state index contributed by atoms with van der Waals surface area (Å²) >= 11 is 1.31. The number of carbonyl (C=O) groups excluding carboxylic acids is 1. The summed E-state index contributed by atoms with van der Waals surface area (Å²) in [5.74, 6) is 0.327. The van der Waals surface area contributed by atoms with Crippen LogP contribution >= 0.6 is 11.8 Å². The molecule has 0 N–H and O–H groups in total. The molecule has 0 bridgehead atoms. The zero-order chi connectivity index (χ0) is 23.7. The SMILES string of the molecule is O=C(CSc1nnc(-c2ccccc2F)n1C1CC1)N1CCN(c2ccccc2[N+](=O)[O-])CC1. The van der Waals surface area contributed by atoms with Crippen molar-refractivity contribution < 1.29 is 14.1 Å². The molecule has 2 heterocycles. The summed E-state index contributed by atoms with van der Waals surface area (Å²) in [7, 11) is 0. The number of hydrogen-bond donors (Lipinski definition) is 0. The molecule has 0 unspecified atom stereocenters. The van der Waals surface area contributed by atoms with Gasteiger partial charge in [-0.15, -0.1) is 10.2 Å². The lowest BCUT2D eigenvalue weighted by Crippen LogP contribution is -2.49. The number of nitro benzene ring substituents is 1. The number of halogens is 1. The number of nitrogens with zero attached hydrogens (tertiary/aromatic N) is 6. The Hall–Kier alpha value is -3.47. The maximum absolute atomic E-state index is 14.3. The minimum atomic E-state index is -0.380. The van der Waals surface area contributed by atoms with Crippen molar-refractivity contribution in [3.63, 3.8) is 0 Å². The van der Waals surface area contributed by atoms with Crippen molar-refractivity contribution in [2.45, 2.75) is 24.0 Å². The quantitative estimate of drug-likeness (QED) is 0.287. The van der Waals surface area contributed by atoms with Crippen molar-refractivity contribution in [3.8, 4) is 11.4 Å². The summed E-state index contributed by atoms with van der Waals surface area (Å²) in [6.45, 7) is 2.02. The van der Waals surface area contributed by atoms with Gasteiger partial charge in [0.1, 0.15) is 11.5 Å². The molecule has 2 aliphatic rings. The van der Waals surface area contributed by atoms with Gasteiger partial charge in [0, 0.05) is 38.3 Å². The molecule has 1 aromatic heterocycles. The zero-order valence-corrected chi connectivity index (χ0v) is 19.2. The Labute approximate surface area is 199 Å². The Balaban J connectivity index is 1.23. The molecule has 1 saturated heterocycles. The van der Waals surface area contributed by atoms with Crippen LogP contribution in [0.15, 0.2) is 53.7 Å². The highest BCUT2D eigenvalue weighted by molar-refractivity contribution is 7.99. The van der Waals surface area contributed by atoms with Gasteiger partial charge in [-0.1, -0.05) is 36.0 Å². The molecule has 0 radical (unpaired) electrons. The van der Waals surface area contributed by atoms with Gasteiger partial charge in [-0.25, -0.2) is 4.39 Å². The van der Waals surface area contributed by atoms with Crippen molar-refractivity contribution in [2.24, 2.45) is 0 Å². The van der Waals surface area contributed by atoms with Crippen molar-refractivity contribution in [2.75, 3.05) is 36.8 Å². The Morgan fingerprint density at radius 1 is 1.06 bits per heavy atom. The van der Waals surface area contributed by atoms with Crippen molar-refractivity contribution in [1.29, 1.82) is 0 Å². The minimum Gasteiger partial charge on any atom is -0.362 e. The van der Waals surface area contributed by atoms with Crippen LogP contribution in [0, 0.1) is 15.9 Å². The smallest absolute Gasteiger partial charge is 0.292 e. The third-order valence-corrected chi connectivity index (χ3v) is 7.00. The van der Waals surface area contributed by atoms with Gasteiger partial charge in [0.15, 0.2) is 11.0 Å². The summed E-state index contributed by atoms with van der Waals surface area (Å²) in [6.07, 6.45) is 1.96. The van der Waals surface area contributed by atoms with E-state index in [0.29, 0.717) is 48.4 Å². The molecule has 3 aromatic rings. The fourth-order valence-electron chi connectivity index (χ4n) is 4.16. The minimum absolute atomic E-state index is 0.0231. The van der Waals surface area contributed by atoms with Gasteiger partial charge in [0.05, 0.1) is 16.2 Å². The van der Waals surface area contributed by atoms with E-state index in [-0.39, 0.29) is 34.1 Å². The van der Waals surface area contributed by atoms with E-state index in [4.69, 9.17) is 0 Å². The van der Waals surface area contributed by atoms with Crippen LogP contribution in [-0.2, 0) is 4.79 Å². The molecule has 176 valence electrons. The van der Waals surface area contributed by atoms with Gasteiger partial charge in [0.2, 0.25) is 5.91 Å². The predicted octanol–water partition coefficient (Wildman–Crippen LogP) is 3.77. The van der Waals surface area contributed by atoms with Crippen LogP contribution in [0.5, 0.6) is 0 Å². The highest BCUT2D eigenvalue weighted by Crippen LogP contribution is 2.41. The van der Waals surface area contributed by atoms with Crippen LogP contribution in [0.3, 0.4) is 0 Å². The summed E-state index contributed by atoms with van der Waals surface area (Å²) in [5, 5.41) is 20.4. The van der Waals surface area contributed by atoms with Crippen LogP contribution < -0.4 is 4.90 Å². The number of carbonyl (C=O) groups is 1.